The van der Waals surface area contributed by atoms with Gasteiger partial charge in [-0.2, -0.15) is 0 Å². The molecule has 1 N–H and O–H groups in total. The number of alkyl halides is 1. The molecule has 0 bridgehead atoms. The van der Waals surface area contributed by atoms with E-state index >= 15 is 0 Å². The van der Waals surface area contributed by atoms with Crippen LogP contribution >= 0.6 is 22.9 Å². The van der Waals surface area contributed by atoms with Gasteiger partial charge in [-0.05, 0) is 24.3 Å². The minimum Gasteiger partial charge on any atom is -0.481 e. The summed E-state index contributed by atoms with van der Waals surface area (Å²) in [6.07, 6.45) is 0.0571. The van der Waals surface area contributed by atoms with Gasteiger partial charge in [-0.15, -0.1) is 22.9 Å². The van der Waals surface area contributed by atoms with Gasteiger partial charge in [0.25, 0.3) is 0 Å². The van der Waals surface area contributed by atoms with Gasteiger partial charge < -0.3 is 5.11 Å². The summed E-state index contributed by atoms with van der Waals surface area (Å²) < 4.78 is 2.11. The van der Waals surface area contributed by atoms with Crippen molar-refractivity contribution in [3.05, 3.63) is 58.8 Å². The van der Waals surface area contributed by atoms with Crippen LogP contribution in [0.15, 0.2) is 53.3 Å². The summed E-state index contributed by atoms with van der Waals surface area (Å²) in [5.74, 6) is -0.639. The Hall–Kier alpha value is -1.91. The summed E-state index contributed by atoms with van der Waals surface area (Å²) in [5.41, 5.74) is 0.139. The van der Waals surface area contributed by atoms with Crippen LogP contribution in [0, 0.1) is 0 Å². The van der Waals surface area contributed by atoms with Crippen LogP contribution < -0.4 is 5.43 Å². The van der Waals surface area contributed by atoms with E-state index in [9.17, 15) is 9.59 Å². The Morgan fingerprint density at radius 2 is 1.48 bits per heavy atom. The van der Waals surface area contributed by atoms with Crippen LogP contribution in [-0.4, -0.2) is 17.0 Å². The third-order valence-corrected chi connectivity index (χ3v) is 4.13. The van der Waals surface area contributed by atoms with Crippen LogP contribution in [0.3, 0.4) is 0 Å². The van der Waals surface area contributed by atoms with E-state index < -0.39 is 5.97 Å². The lowest BCUT2D eigenvalue weighted by atomic mass is 10.2. The number of halogens is 1. The largest absolute Gasteiger partial charge is 0.481 e. The van der Waals surface area contributed by atoms with Crippen molar-refractivity contribution < 1.29 is 9.90 Å². The molecule has 0 aliphatic rings. The van der Waals surface area contributed by atoms with Crippen LogP contribution in [0.2, 0.25) is 0 Å². The van der Waals surface area contributed by atoms with Crippen LogP contribution in [0.25, 0.3) is 20.2 Å². The van der Waals surface area contributed by atoms with Crippen molar-refractivity contribution >= 4 is 49.1 Å². The number of benzene rings is 2. The quantitative estimate of drug-likeness (QED) is 0.571. The van der Waals surface area contributed by atoms with Crippen LogP contribution in [0.4, 0.5) is 0 Å². The molecule has 0 radical (unpaired) electrons. The molecule has 108 valence electrons. The third kappa shape index (κ3) is 3.80. The highest BCUT2D eigenvalue weighted by Gasteiger charge is 2.03. The first-order valence-electron chi connectivity index (χ1n) is 6.32. The molecule has 1 heterocycles. The Morgan fingerprint density at radius 1 is 1.00 bits per heavy atom. The summed E-state index contributed by atoms with van der Waals surface area (Å²) >= 11 is 6.68. The van der Waals surface area contributed by atoms with Crippen LogP contribution in [0.1, 0.15) is 6.42 Å². The first-order chi connectivity index (χ1) is 10.1. The third-order valence-electron chi connectivity index (χ3n) is 2.79. The molecule has 1 aromatic heterocycles. The van der Waals surface area contributed by atoms with Crippen molar-refractivity contribution in [1.82, 2.24) is 0 Å². The predicted molar refractivity (Wildman–Crippen MR) is 88.6 cm³/mol. The second kappa shape index (κ2) is 7.20. The second-order valence-electron chi connectivity index (χ2n) is 4.26. The number of carboxylic acids is 1. The average Bonchev–Trinajstić information content (AvgIpc) is 2.48. The van der Waals surface area contributed by atoms with Crippen LogP contribution in [0.5, 0.6) is 0 Å². The molecule has 0 saturated heterocycles. The zero-order valence-electron chi connectivity index (χ0n) is 11.1. The molecule has 21 heavy (non-hydrogen) atoms. The number of aliphatic carboxylic acids is 1. The predicted octanol–water partition coefficient (Wildman–Crippen LogP) is 4.11. The first-order valence-corrected chi connectivity index (χ1v) is 7.67. The van der Waals surface area contributed by atoms with E-state index in [1.807, 2.05) is 48.5 Å². The first kappa shape index (κ1) is 15.5. The zero-order valence-corrected chi connectivity index (χ0v) is 12.7. The molecular formula is C16H13ClO3S. The van der Waals surface area contributed by atoms with Gasteiger partial charge in [-0.3, -0.25) is 9.59 Å². The molecule has 0 spiro atoms. The fourth-order valence-electron chi connectivity index (χ4n) is 1.83. The minimum absolute atomic E-state index is 0.0571. The van der Waals surface area contributed by atoms with E-state index in [1.165, 1.54) is 0 Å². The standard InChI is InChI=1S/C13H8OS.C3H5ClO2/c14-13-9-5-1-3-7-11(9)15-12-8-4-2-6-10(12)13;4-2-1-3(5)6/h1-8H;1-2H2,(H,5,6). The summed E-state index contributed by atoms with van der Waals surface area (Å²) in [7, 11) is 0. The van der Waals surface area contributed by atoms with E-state index in [1.54, 1.807) is 11.3 Å². The highest BCUT2D eigenvalue weighted by atomic mass is 35.5. The van der Waals surface area contributed by atoms with E-state index in [0.717, 1.165) is 20.2 Å². The lowest BCUT2D eigenvalue weighted by Gasteiger charge is -1.99. The van der Waals surface area contributed by atoms with Crippen molar-refractivity contribution in [3.8, 4) is 0 Å². The SMILES string of the molecule is O=C(O)CCCl.O=c1c2ccccc2sc2ccccc12. The molecule has 0 amide bonds. The van der Waals surface area contributed by atoms with Gasteiger partial charge in [0, 0.05) is 26.1 Å². The van der Waals surface area contributed by atoms with Gasteiger partial charge in [-0.1, -0.05) is 24.3 Å². The van der Waals surface area contributed by atoms with E-state index in [-0.39, 0.29) is 17.7 Å². The van der Waals surface area contributed by atoms with E-state index in [4.69, 9.17) is 16.7 Å². The maximum Gasteiger partial charge on any atom is 0.304 e. The summed E-state index contributed by atoms with van der Waals surface area (Å²) in [5, 5.41) is 9.47. The molecule has 3 nitrogen and oxygen atoms in total. The molecule has 0 fully saturated rings. The normalized spacial score (nSPS) is 10.1. The molecule has 0 aliphatic carbocycles. The zero-order chi connectivity index (χ0) is 15.2. The molecule has 0 saturated carbocycles. The molecule has 3 rings (SSSR count). The lowest BCUT2D eigenvalue weighted by molar-refractivity contribution is -0.136. The molecule has 3 aromatic rings. The fraction of sp³-hybridized carbons (Fsp3) is 0.125. The Balaban J connectivity index is 0.000000232. The molecule has 0 unspecified atom stereocenters. The minimum atomic E-state index is -0.843. The van der Waals surface area contributed by atoms with Crippen molar-refractivity contribution in [3.63, 3.8) is 0 Å². The Morgan fingerprint density at radius 3 is 1.86 bits per heavy atom. The van der Waals surface area contributed by atoms with Gasteiger partial charge in [0.15, 0.2) is 5.43 Å². The topological polar surface area (TPSA) is 54.4 Å². The van der Waals surface area contributed by atoms with Gasteiger partial charge in [-0.25, -0.2) is 0 Å². The van der Waals surface area contributed by atoms with Crippen molar-refractivity contribution in [1.29, 1.82) is 0 Å². The monoisotopic (exact) mass is 320 g/mol. The van der Waals surface area contributed by atoms with Crippen molar-refractivity contribution in [2.24, 2.45) is 0 Å². The maximum absolute atomic E-state index is 12.1. The lowest BCUT2D eigenvalue weighted by Crippen LogP contribution is -1.99. The van der Waals surface area contributed by atoms with Crippen LogP contribution in [-0.2, 0) is 4.79 Å². The average molecular weight is 321 g/mol. The Bertz CT molecular complexity index is 769. The second-order valence-corrected chi connectivity index (χ2v) is 5.72. The number of hydrogen-bond acceptors (Lipinski definition) is 3. The molecule has 0 atom stereocenters. The van der Waals surface area contributed by atoms with Gasteiger partial charge in [0.1, 0.15) is 0 Å². The molecule has 5 heteroatoms. The number of hydrogen-bond donors (Lipinski definition) is 1. The van der Waals surface area contributed by atoms with Gasteiger partial charge in [0.2, 0.25) is 0 Å². The van der Waals surface area contributed by atoms with Crippen molar-refractivity contribution in [2.75, 3.05) is 5.88 Å². The van der Waals surface area contributed by atoms with Crippen molar-refractivity contribution in [2.45, 2.75) is 6.42 Å². The molecule has 2 aromatic carbocycles. The van der Waals surface area contributed by atoms with E-state index in [2.05, 4.69) is 0 Å². The number of carbonyl (C=O) groups is 1. The number of carboxylic acid groups (broad SMARTS) is 1. The smallest absolute Gasteiger partial charge is 0.304 e. The molecular weight excluding hydrogens is 308 g/mol. The Kier molecular flexibility index (Phi) is 5.31. The van der Waals surface area contributed by atoms with Gasteiger partial charge in [0.05, 0.1) is 6.42 Å². The maximum atomic E-state index is 12.1. The number of rotatable bonds is 2. The highest BCUT2D eigenvalue weighted by molar-refractivity contribution is 7.24. The Labute approximate surface area is 130 Å². The molecule has 0 aliphatic heterocycles. The number of fused-ring (bicyclic) bond motifs is 2. The van der Waals surface area contributed by atoms with E-state index in [0.29, 0.717) is 0 Å². The fourth-order valence-corrected chi connectivity index (χ4v) is 3.06. The summed E-state index contributed by atoms with van der Waals surface area (Å²) in [6.45, 7) is 0. The highest BCUT2D eigenvalue weighted by Crippen LogP contribution is 2.23. The summed E-state index contributed by atoms with van der Waals surface area (Å²) in [4.78, 5) is 21.6. The van der Waals surface area contributed by atoms with Gasteiger partial charge >= 0.3 is 5.97 Å². The summed E-state index contributed by atoms with van der Waals surface area (Å²) in [6, 6.07) is 15.5.